The number of fused-ring (bicyclic) bond motifs is 14. The fraction of sp³-hybridized carbons (Fsp3) is 0.0236. The Labute approximate surface area is 886 Å². The number of benzene rings is 14. The van der Waals surface area contributed by atoms with Gasteiger partial charge in [0.15, 0.2) is 11.6 Å². The summed E-state index contributed by atoms with van der Waals surface area (Å²) in [4.78, 5) is 47.5. The van der Waals surface area contributed by atoms with E-state index >= 15 is 0 Å². The van der Waals surface area contributed by atoms with Gasteiger partial charge in [-0.1, -0.05) is 220 Å². The van der Waals surface area contributed by atoms with Crippen LogP contribution in [0, 0.1) is 24.3 Å². The van der Waals surface area contributed by atoms with Gasteiger partial charge in [0.2, 0.25) is 5.95 Å². The molecule has 27 aromatic rings. The molecule has 14 aromatic carbocycles. The molecule has 0 N–H and O–H groups in total. The van der Waals surface area contributed by atoms with Gasteiger partial charge in [0, 0.05) is 114 Å². The average Bonchev–Trinajstić information content (AvgIpc) is 1.55. The summed E-state index contributed by atoms with van der Waals surface area (Å²) >= 11 is 7.19. The molecule has 0 saturated heterocycles. The number of aromatic nitrogens is 11. The third-order valence-electron chi connectivity index (χ3n) is 27.2. The summed E-state index contributed by atoms with van der Waals surface area (Å²) in [7, 11) is 0. The number of hydrogen-bond acceptors (Lipinski definition) is 14. The summed E-state index contributed by atoms with van der Waals surface area (Å²) < 4.78 is 12.0. The van der Waals surface area contributed by atoms with E-state index in [9.17, 15) is 0 Å². The fourth-order valence-electron chi connectivity index (χ4n) is 20.5. The van der Waals surface area contributed by atoms with Crippen molar-refractivity contribution in [2.45, 2.75) is 19.3 Å². The van der Waals surface area contributed by atoms with Crippen LogP contribution in [-0.4, -0.2) is 53.6 Å². The van der Waals surface area contributed by atoms with Crippen molar-refractivity contribution in [2.24, 2.45) is 0 Å². The van der Waals surface area contributed by atoms with Crippen LogP contribution in [0.1, 0.15) is 25.0 Å². The third-order valence-corrected chi connectivity index (χ3v) is 31.9. The van der Waals surface area contributed by atoms with Crippen molar-refractivity contribution < 1.29 is 42.1 Å². The number of nitrogens with zero attached hydrogens (tertiary/aromatic N) is 13. The minimum Gasteiger partial charge on any atom is -0.338 e. The van der Waals surface area contributed by atoms with Crippen LogP contribution in [-0.2, 0) is 47.5 Å². The van der Waals surface area contributed by atoms with E-state index in [4.69, 9.17) is 19.9 Å². The molecular formula is C127H79N13Pt2S4. The monoisotopic (exact) mass is 2300 g/mol. The van der Waals surface area contributed by atoms with Crippen LogP contribution in [0.25, 0.3) is 212 Å². The maximum atomic E-state index is 5.39. The summed E-state index contributed by atoms with van der Waals surface area (Å²) in [6.45, 7) is 4.67. The van der Waals surface area contributed by atoms with Gasteiger partial charge in [-0.05, 0) is 218 Å². The van der Waals surface area contributed by atoms with Gasteiger partial charge in [-0.2, -0.15) is 9.97 Å². The first kappa shape index (κ1) is 90.8. The molecule has 13 aromatic heterocycles. The molecule has 0 saturated carbocycles. The molecule has 0 fully saturated rings. The molecule has 0 atom stereocenters. The molecule has 146 heavy (non-hydrogen) atoms. The third kappa shape index (κ3) is 16.3. The Kier molecular flexibility index (Phi) is 23.6. The summed E-state index contributed by atoms with van der Waals surface area (Å²) in [5, 5.41) is 8.32. The zero-order valence-corrected chi connectivity index (χ0v) is 86.0. The number of hydrogen-bond donors (Lipinski definition) is 0. The quantitative estimate of drug-likeness (QED) is 0.0767. The number of pyridine rings is 5. The molecule has 0 radical (unpaired) electrons. The molecule has 0 bridgehead atoms. The van der Waals surface area contributed by atoms with Crippen LogP contribution in [0.5, 0.6) is 0 Å². The minimum absolute atomic E-state index is 0. The van der Waals surface area contributed by atoms with E-state index in [1.807, 2.05) is 176 Å². The maximum absolute atomic E-state index is 5.39. The van der Waals surface area contributed by atoms with Gasteiger partial charge in [0.05, 0.1) is 48.7 Å². The molecule has 28 rings (SSSR count). The Morgan fingerprint density at radius 2 is 0.651 bits per heavy atom. The Bertz CT molecular complexity index is 9360. The topological polar surface area (TPSA) is 124 Å². The number of thiophene rings is 4. The first-order valence-electron chi connectivity index (χ1n) is 47.7. The molecular weight excluding hydrogens is 2230 g/mol. The van der Waals surface area contributed by atoms with Crippen molar-refractivity contribution in [2.75, 3.05) is 9.80 Å². The van der Waals surface area contributed by atoms with Gasteiger partial charge in [0.1, 0.15) is 5.82 Å². The molecule has 0 aliphatic heterocycles. The summed E-state index contributed by atoms with van der Waals surface area (Å²) in [5.41, 5.74) is 29.7. The van der Waals surface area contributed by atoms with Crippen molar-refractivity contribution in [3.8, 4) is 128 Å². The second kappa shape index (κ2) is 38.0. The van der Waals surface area contributed by atoms with Gasteiger partial charge < -0.3 is 38.9 Å². The van der Waals surface area contributed by atoms with Crippen molar-refractivity contribution in [1.29, 1.82) is 0 Å². The fourth-order valence-corrected chi connectivity index (χ4v) is 25.2. The van der Waals surface area contributed by atoms with E-state index < -0.39 is 0 Å². The summed E-state index contributed by atoms with van der Waals surface area (Å²) in [6, 6.07) is 162. The number of para-hydroxylation sites is 3. The first-order chi connectivity index (χ1) is 71.1. The van der Waals surface area contributed by atoms with E-state index in [0.29, 0.717) is 17.6 Å². The van der Waals surface area contributed by atoms with Gasteiger partial charge in [-0.3, -0.25) is 4.57 Å². The van der Waals surface area contributed by atoms with Crippen molar-refractivity contribution in [3.63, 3.8) is 0 Å². The minimum atomic E-state index is -0.204. The Morgan fingerprint density at radius 1 is 0.253 bits per heavy atom. The number of anilines is 6. The molecule has 1 aliphatic rings. The van der Waals surface area contributed by atoms with Crippen LogP contribution in [0.15, 0.2) is 443 Å². The average molecular weight is 2310 g/mol. The van der Waals surface area contributed by atoms with E-state index in [1.165, 1.54) is 100.0 Å². The van der Waals surface area contributed by atoms with E-state index in [2.05, 4.69) is 361 Å². The normalized spacial score (nSPS) is 12.0. The zero-order valence-electron chi connectivity index (χ0n) is 78.2. The molecule has 0 amide bonds. The second-order valence-electron chi connectivity index (χ2n) is 36.2. The second-order valence-corrected chi connectivity index (χ2v) is 40.5. The van der Waals surface area contributed by atoms with Gasteiger partial charge >= 0.3 is 42.1 Å². The Hall–Kier alpha value is -16.5. The maximum Gasteiger partial charge on any atom is 2.00 e. The molecule has 13 heterocycles. The molecule has 0 spiro atoms. The summed E-state index contributed by atoms with van der Waals surface area (Å²) in [5.74, 6) is 2.56. The Balaban J connectivity index is 0.000000153. The largest absolute Gasteiger partial charge is 2.00 e. The predicted octanol–water partition coefficient (Wildman–Crippen LogP) is 33.8. The van der Waals surface area contributed by atoms with Gasteiger partial charge in [-0.25, -0.2) is 9.97 Å². The standard InChI is InChI=1S/C69H44N8S2.C58H35N5S2.2Pt/c1-69(2)54-27-10-9-26-50(54)51-39-53-52-38-47(32-33-59(52)77(60(53)40-55(51)69)68-74-66(43-18-5-3-6-19-43)73-67(75-68)44-20-7-4-8-21-44)61-41-63-64(78-61)42-62(79-63)58-30-17-31-65(72-58)76(48-24-15-22-45(36-48)56-28-11-13-34-70-56)49-25-16-23-46(37-49)57-29-12-14-35-71-57;1-3-17-41(18-4-1)62-51-26-8-7-23-45(51)47-34-48-46-33-40(27-28-52(46)63(54(48)35-53(47)62)42-19-5-2-6-20-42)55-36-56-57(64-55)37-58(65-56)61(43-21-13-15-38(31-43)49-24-9-11-29-59-49)44-22-14-16-39(32-44)50-25-10-12-30-60-50;;/h3-35,38-42H,1-2H3;1-30,33-37H;;/q2*-2;2*+2. The SMILES string of the molecule is CC1(C)c2ccccc2-c2cc3c4cc(-c5cc6sc(-c7cccc(N(c8[c-]c(-c9ccccn9)ccc8)c8[c-]c(-c9ccccn9)ccc8)n7)cc6s5)ccc4n(-c4nc(-c5ccccc5)nc(-c5ccccc5)n4)c3cc21.[Pt+2].[Pt+2].[c-]1c(-c2ccccn2)cccc1N(c1[c-]c(-c2ccccn2)ccc1)c1cc2sc(-c3ccc4c(c3)c3cc5c6ccccc6n(-c6ccccc6)c5cc3n4-c3ccccc3)cc2s1. The molecule has 19 heteroatoms. The summed E-state index contributed by atoms with van der Waals surface area (Å²) in [6.07, 6.45) is 7.27. The van der Waals surface area contributed by atoms with Crippen LogP contribution >= 0.6 is 45.3 Å². The zero-order chi connectivity index (χ0) is 95.5. The van der Waals surface area contributed by atoms with Crippen LogP contribution in [0.2, 0.25) is 0 Å². The molecule has 0 unspecified atom stereocenters. The first-order valence-corrected chi connectivity index (χ1v) is 51.0. The van der Waals surface area contributed by atoms with E-state index in [0.717, 1.165) is 139 Å². The van der Waals surface area contributed by atoms with Crippen LogP contribution in [0.3, 0.4) is 0 Å². The van der Waals surface area contributed by atoms with Crippen LogP contribution < -0.4 is 9.80 Å². The van der Waals surface area contributed by atoms with Crippen molar-refractivity contribution >= 4 is 163 Å². The van der Waals surface area contributed by atoms with Crippen molar-refractivity contribution in [3.05, 3.63) is 479 Å². The predicted molar refractivity (Wildman–Crippen MR) is 596 cm³/mol. The molecule has 13 nitrogen and oxygen atoms in total. The van der Waals surface area contributed by atoms with Gasteiger partial charge in [0.25, 0.3) is 0 Å². The van der Waals surface area contributed by atoms with Crippen molar-refractivity contribution in [1.82, 2.24) is 53.6 Å². The number of rotatable bonds is 18. The van der Waals surface area contributed by atoms with Gasteiger partial charge in [-0.15, -0.1) is 165 Å². The van der Waals surface area contributed by atoms with Crippen LogP contribution in [0.4, 0.5) is 33.6 Å². The molecule has 696 valence electrons. The van der Waals surface area contributed by atoms with E-state index in [-0.39, 0.29) is 47.5 Å². The van der Waals surface area contributed by atoms with E-state index in [1.54, 1.807) is 34.0 Å². The molecule has 1 aliphatic carbocycles. The smallest absolute Gasteiger partial charge is 0.338 e. The Morgan fingerprint density at radius 3 is 1.16 bits per heavy atom.